The van der Waals surface area contributed by atoms with Crippen molar-refractivity contribution in [3.8, 4) is 11.3 Å². The highest BCUT2D eigenvalue weighted by Gasteiger charge is 2.12. The van der Waals surface area contributed by atoms with E-state index in [1.165, 1.54) is 19.1 Å². The molecule has 94 valence electrons. The number of carbonyl (C=O) groups is 1. The highest BCUT2D eigenvalue weighted by Crippen LogP contribution is 2.24. The lowest BCUT2D eigenvalue weighted by Crippen LogP contribution is -2.03. The summed E-state index contributed by atoms with van der Waals surface area (Å²) in [6.45, 7) is 4.24. The maximum Gasteiger partial charge on any atom is 0.159 e. The van der Waals surface area contributed by atoms with Crippen LogP contribution in [-0.4, -0.2) is 15.6 Å². The second-order valence-electron chi connectivity index (χ2n) is 4.19. The average molecular weight is 246 g/mol. The van der Waals surface area contributed by atoms with Gasteiger partial charge >= 0.3 is 0 Å². The fraction of sp³-hybridized carbons (Fsp3) is 0.286. The molecule has 0 radical (unpaired) electrons. The van der Waals surface area contributed by atoms with Gasteiger partial charge in [0, 0.05) is 23.9 Å². The molecule has 0 atom stereocenters. The van der Waals surface area contributed by atoms with Crippen molar-refractivity contribution in [2.45, 2.75) is 26.8 Å². The summed E-state index contributed by atoms with van der Waals surface area (Å²) < 4.78 is 15.6. The number of rotatable bonds is 4. The molecule has 3 nitrogen and oxygen atoms in total. The fourth-order valence-electron chi connectivity index (χ4n) is 1.89. The minimum absolute atomic E-state index is 0.0715. The first-order valence-electron chi connectivity index (χ1n) is 5.96. The van der Waals surface area contributed by atoms with Crippen LogP contribution in [0.1, 0.15) is 30.6 Å². The molecule has 0 saturated heterocycles. The highest BCUT2D eigenvalue weighted by molar-refractivity contribution is 5.95. The fourth-order valence-corrected chi connectivity index (χ4v) is 1.89. The Balaban J connectivity index is 2.52. The third-order valence-corrected chi connectivity index (χ3v) is 2.80. The number of halogens is 1. The van der Waals surface area contributed by atoms with Crippen molar-refractivity contribution in [1.29, 1.82) is 0 Å². The molecule has 0 aliphatic heterocycles. The molecule has 0 fully saturated rings. The average Bonchev–Trinajstić information content (AvgIpc) is 2.78. The Kier molecular flexibility index (Phi) is 3.55. The Morgan fingerprint density at radius 1 is 1.39 bits per heavy atom. The molecule has 0 amide bonds. The Morgan fingerprint density at radius 3 is 2.83 bits per heavy atom. The lowest BCUT2D eigenvalue weighted by atomic mass is 10.0. The van der Waals surface area contributed by atoms with Gasteiger partial charge in [0.15, 0.2) is 5.78 Å². The monoisotopic (exact) mass is 246 g/mol. The zero-order valence-electron chi connectivity index (χ0n) is 10.5. The third kappa shape index (κ3) is 2.32. The number of hydrogen-bond donors (Lipinski definition) is 0. The number of nitrogens with zero attached hydrogens (tertiary/aromatic N) is 2. The summed E-state index contributed by atoms with van der Waals surface area (Å²) in [6.07, 6.45) is 2.56. The maximum absolute atomic E-state index is 13.9. The lowest BCUT2D eigenvalue weighted by Gasteiger charge is -2.08. The summed E-state index contributed by atoms with van der Waals surface area (Å²) in [5.74, 6) is -0.407. The smallest absolute Gasteiger partial charge is 0.159 e. The summed E-state index contributed by atoms with van der Waals surface area (Å²) >= 11 is 0. The van der Waals surface area contributed by atoms with E-state index < -0.39 is 0 Å². The molecule has 2 aromatic rings. The molecule has 0 bridgehead atoms. The topological polar surface area (TPSA) is 34.9 Å². The first-order chi connectivity index (χ1) is 8.63. The first kappa shape index (κ1) is 12.5. The quantitative estimate of drug-likeness (QED) is 0.776. The third-order valence-electron chi connectivity index (χ3n) is 2.80. The summed E-state index contributed by atoms with van der Waals surface area (Å²) in [5, 5.41) is 4.16. The number of carbonyl (C=O) groups excluding carboxylic acids is 1. The van der Waals surface area contributed by atoms with Crippen LogP contribution in [0, 0.1) is 5.82 Å². The van der Waals surface area contributed by atoms with Crippen LogP contribution >= 0.6 is 0 Å². The van der Waals surface area contributed by atoms with Gasteiger partial charge < -0.3 is 0 Å². The molecule has 0 saturated carbocycles. The van der Waals surface area contributed by atoms with Crippen molar-refractivity contribution in [3.05, 3.63) is 41.8 Å². The van der Waals surface area contributed by atoms with E-state index in [0.29, 0.717) is 16.8 Å². The number of hydrogen-bond acceptors (Lipinski definition) is 2. The second kappa shape index (κ2) is 5.12. The minimum atomic E-state index is -0.335. The molecule has 0 aliphatic rings. The molecule has 4 heteroatoms. The van der Waals surface area contributed by atoms with Gasteiger partial charge in [-0.05, 0) is 37.6 Å². The number of ketones is 1. The van der Waals surface area contributed by atoms with Crippen molar-refractivity contribution in [3.63, 3.8) is 0 Å². The molecule has 0 N–H and O–H groups in total. The van der Waals surface area contributed by atoms with Gasteiger partial charge in [0.05, 0.1) is 5.69 Å². The van der Waals surface area contributed by atoms with E-state index in [4.69, 9.17) is 0 Å². The molecular formula is C14H15FN2O. The molecule has 2 rings (SSSR count). The van der Waals surface area contributed by atoms with E-state index in [1.807, 2.05) is 6.92 Å². The van der Waals surface area contributed by atoms with E-state index in [-0.39, 0.29) is 11.6 Å². The second-order valence-corrected chi connectivity index (χ2v) is 4.19. The molecule has 0 aliphatic carbocycles. The van der Waals surface area contributed by atoms with Crippen LogP contribution in [0.2, 0.25) is 0 Å². The van der Waals surface area contributed by atoms with Crippen LogP contribution in [0.4, 0.5) is 4.39 Å². The largest absolute Gasteiger partial charge is 0.295 e. The van der Waals surface area contributed by atoms with Crippen molar-refractivity contribution in [2.75, 3.05) is 0 Å². The van der Waals surface area contributed by atoms with Crippen molar-refractivity contribution in [1.82, 2.24) is 9.78 Å². The van der Waals surface area contributed by atoms with Crippen LogP contribution in [0.3, 0.4) is 0 Å². The van der Waals surface area contributed by atoms with Gasteiger partial charge in [0.2, 0.25) is 0 Å². The summed E-state index contributed by atoms with van der Waals surface area (Å²) in [6, 6.07) is 6.18. The van der Waals surface area contributed by atoms with Gasteiger partial charge in [0.25, 0.3) is 0 Å². The standard InChI is InChI=1S/C14H15FN2O/c1-3-8-17-14(6-7-16-17)12-9-11(10(2)18)4-5-13(12)15/h4-7,9H,3,8H2,1-2H3. The van der Waals surface area contributed by atoms with E-state index >= 15 is 0 Å². The number of aromatic nitrogens is 2. The SMILES string of the molecule is CCCn1nccc1-c1cc(C(C)=O)ccc1F. The van der Waals surface area contributed by atoms with Crippen LogP contribution < -0.4 is 0 Å². The zero-order chi connectivity index (χ0) is 13.1. The van der Waals surface area contributed by atoms with Crippen LogP contribution in [0.25, 0.3) is 11.3 Å². The molecule has 0 unspecified atom stereocenters. The van der Waals surface area contributed by atoms with Crippen molar-refractivity contribution >= 4 is 5.78 Å². The molecule has 1 aromatic carbocycles. The van der Waals surface area contributed by atoms with Crippen LogP contribution in [-0.2, 0) is 6.54 Å². The van der Waals surface area contributed by atoms with Gasteiger partial charge in [0.1, 0.15) is 5.82 Å². The lowest BCUT2D eigenvalue weighted by molar-refractivity contribution is 0.101. The minimum Gasteiger partial charge on any atom is -0.295 e. The summed E-state index contributed by atoms with van der Waals surface area (Å²) in [4.78, 5) is 11.3. The predicted molar refractivity (Wildman–Crippen MR) is 67.9 cm³/mol. The van der Waals surface area contributed by atoms with Gasteiger partial charge in [-0.1, -0.05) is 6.92 Å². The number of aryl methyl sites for hydroxylation is 1. The molecule has 18 heavy (non-hydrogen) atoms. The van der Waals surface area contributed by atoms with Gasteiger partial charge in [-0.15, -0.1) is 0 Å². The van der Waals surface area contributed by atoms with E-state index in [9.17, 15) is 9.18 Å². The van der Waals surface area contributed by atoms with Crippen LogP contribution in [0.15, 0.2) is 30.5 Å². The van der Waals surface area contributed by atoms with E-state index in [0.717, 1.165) is 13.0 Å². The van der Waals surface area contributed by atoms with Crippen molar-refractivity contribution < 1.29 is 9.18 Å². The Morgan fingerprint density at radius 2 is 2.17 bits per heavy atom. The zero-order valence-corrected chi connectivity index (χ0v) is 10.5. The normalized spacial score (nSPS) is 10.6. The Bertz CT molecular complexity index is 575. The Labute approximate surface area is 105 Å². The van der Waals surface area contributed by atoms with Crippen molar-refractivity contribution in [2.24, 2.45) is 0 Å². The number of benzene rings is 1. The summed E-state index contributed by atoms with van der Waals surface area (Å²) in [5.41, 5.74) is 1.64. The first-order valence-corrected chi connectivity index (χ1v) is 5.96. The van der Waals surface area contributed by atoms with E-state index in [2.05, 4.69) is 5.10 Å². The Hall–Kier alpha value is -1.97. The molecule has 1 aromatic heterocycles. The van der Waals surface area contributed by atoms with Gasteiger partial charge in [-0.3, -0.25) is 9.48 Å². The van der Waals surface area contributed by atoms with Gasteiger partial charge in [-0.25, -0.2) is 4.39 Å². The summed E-state index contributed by atoms with van der Waals surface area (Å²) in [7, 11) is 0. The van der Waals surface area contributed by atoms with Crippen LogP contribution in [0.5, 0.6) is 0 Å². The van der Waals surface area contributed by atoms with E-state index in [1.54, 1.807) is 23.0 Å². The maximum atomic E-state index is 13.9. The number of Topliss-reactive ketones (excluding diaryl/α,β-unsaturated/α-hetero) is 1. The molecule has 1 heterocycles. The highest BCUT2D eigenvalue weighted by atomic mass is 19.1. The predicted octanol–water partition coefficient (Wildman–Crippen LogP) is 3.30. The molecular weight excluding hydrogens is 231 g/mol. The molecule has 0 spiro atoms. The van der Waals surface area contributed by atoms with Gasteiger partial charge in [-0.2, -0.15) is 5.10 Å².